The van der Waals surface area contributed by atoms with Gasteiger partial charge in [0.2, 0.25) is 0 Å². The zero-order valence-electron chi connectivity index (χ0n) is 23.5. The van der Waals surface area contributed by atoms with Crippen molar-refractivity contribution >= 4 is 5.70 Å². The maximum Gasteiger partial charge on any atom is 0.154 e. The Morgan fingerprint density at radius 1 is 1.11 bits per heavy atom. The van der Waals surface area contributed by atoms with Gasteiger partial charge in [-0.05, 0) is 38.1 Å². The van der Waals surface area contributed by atoms with Crippen molar-refractivity contribution in [2.75, 3.05) is 46.4 Å². The highest BCUT2D eigenvalue weighted by Crippen LogP contribution is 2.35. The second-order valence-electron chi connectivity index (χ2n) is 9.61. The molecule has 8 nitrogen and oxygen atoms in total. The van der Waals surface area contributed by atoms with Crippen LogP contribution in [0.25, 0.3) is 5.70 Å². The number of aromatic nitrogens is 2. The number of benzene rings is 1. The molecular formula is C30H43N7O. The molecule has 3 aliphatic rings. The van der Waals surface area contributed by atoms with E-state index in [-0.39, 0.29) is 6.17 Å². The first-order chi connectivity index (χ1) is 18.5. The molecule has 5 rings (SSSR count). The van der Waals surface area contributed by atoms with E-state index >= 15 is 0 Å². The van der Waals surface area contributed by atoms with Gasteiger partial charge in [-0.2, -0.15) is 0 Å². The number of imidazole rings is 1. The molecule has 4 N–H and O–H groups in total. The van der Waals surface area contributed by atoms with Gasteiger partial charge in [-0.15, -0.1) is 0 Å². The SMILES string of the molecule is C=C1NC2C(NCCNC)=CC(N3CCOCC3)=CN2C(c2ncc(Cc3ccc(C)cc3)[nH]2)=C1C.CC. The summed E-state index contributed by atoms with van der Waals surface area (Å²) in [7, 11) is 1.97. The Labute approximate surface area is 227 Å². The summed E-state index contributed by atoms with van der Waals surface area (Å²) in [5.74, 6) is 0.858. The highest BCUT2D eigenvalue weighted by atomic mass is 16.5. The van der Waals surface area contributed by atoms with Crippen LogP contribution in [0.15, 0.2) is 72.0 Å². The number of morpholine rings is 1. The molecule has 38 heavy (non-hydrogen) atoms. The van der Waals surface area contributed by atoms with E-state index in [9.17, 15) is 0 Å². The van der Waals surface area contributed by atoms with Gasteiger partial charge >= 0.3 is 0 Å². The summed E-state index contributed by atoms with van der Waals surface area (Å²) in [6, 6.07) is 8.67. The molecule has 0 saturated carbocycles. The van der Waals surface area contributed by atoms with Gasteiger partial charge in [-0.1, -0.05) is 50.3 Å². The third kappa shape index (κ3) is 6.14. The first kappa shape index (κ1) is 27.5. The molecule has 0 aliphatic carbocycles. The van der Waals surface area contributed by atoms with Crippen LogP contribution in [0.2, 0.25) is 0 Å². The minimum absolute atomic E-state index is 0.0801. The molecule has 8 heteroatoms. The average Bonchev–Trinajstić information content (AvgIpc) is 3.40. The number of fused-ring (bicyclic) bond motifs is 1. The lowest BCUT2D eigenvalue weighted by Gasteiger charge is -2.44. The van der Waals surface area contributed by atoms with Crippen LogP contribution in [0.5, 0.6) is 0 Å². The molecule has 0 radical (unpaired) electrons. The third-order valence-corrected chi connectivity index (χ3v) is 6.97. The second-order valence-corrected chi connectivity index (χ2v) is 9.61. The lowest BCUT2D eigenvalue weighted by Crippen LogP contribution is -2.52. The van der Waals surface area contributed by atoms with Crippen LogP contribution in [0.4, 0.5) is 0 Å². The lowest BCUT2D eigenvalue weighted by molar-refractivity contribution is 0.0541. The maximum absolute atomic E-state index is 5.61. The van der Waals surface area contributed by atoms with E-state index in [0.717, 1.165) is 80.0 Å². The highest BCUT2D eigenvalue weighted by molar-refractivity contribution is 5.70. The quantitative estimate of drug-likeness (QED) is 0.398. The van der Waals surface area contributed by atoms with E-state index in [1.807, 2.05) is 27.1 Å². The number of nitrogens with zero attached hydrogens (tertiary/aromatic N) is 3. The van der Waals surface area contributed by atoms with Crippen molar-refractivity contribution in [2.45, 2.75) is 40.3 Å². The molecule has 4 heterocycles. The molecule has 2 aromatic rings. The summed E-state index contributed by atoms with van der Waals surface area (Å²) in [5, 5.41) is 10.5. The maximum atomic E-state index is 5.61. The van der Waals surface area contributed by atoms with Gasteiger partial charge in [0.15, 0.2) is 5.82 Å². The van der Waals surface area contributed by atoms with Gasteiger partial charge in [0.25, 0.3) is 0 Å². The average molecular weight is 518 g/mol. The van der Waals surface area contributed by atoms with Crippen molar-refractivity contribution in [1.29, 1.82) is 0 Å². The number of H-pyrrole nitrogens is 1. The van der Waals surface area contributed by atoms with Crippen LogP contribution >= 0.6 is 0 Å². The Kier molecular flexibility index (Phi) is 9.31. The van der Waals surface area contributed by atoms with E-state index in [4.69, 9.17) is 9.72 Å². The Balaban J connectivity index is 0.00000164. The predicted molar refractivity (Wildman–Crippen MR) is 155 cm³/mol. The fraction of sp³-hybridized carbons (Fsp3) is 0.433. The number of nitrogens with one attached hydrogen (secondary N) is 4. The van der Waals surface area contributed by atoms with Crippen molar-refractivity contribution in [2.24, 2.45) is 0 Å². The minimum Gasteiger partial charge on any atom is -0.384 e. The van der Waals surface area contributed by atoms with Crippen LogP contribution < -0.4 is 16.0 Å². The second kappa shape index (κ2) is 12.8. The van der Waals surface area contributed by atoms with Crippen LogP contribution in [0.1, 0.15) is 43.4 Å². The fourth-order valence-corrected chi connectivity index (χ4v) is 4.86. The van der Waals surface area contributed by atoms with Crippen molar-refractivity contribution in [1.82, 2.24) is 35.7 Å². The van der Waals surface area contributed by atoms with E-state index < -0.39 is 0 Å². The van der Waals surface area contributed by atoms with Crippen molar-refractivity contribution in [3.8, 4) is 0 Å². The molecular weight excluding hydrogens is 474 g/mol. The molecule has 0 amide bonds. The Bertz CT molecular complexity index is 1190. The van der Waals surface area contributed by atoms with E-state index in [1.54, 1.807) is 0 Å². The zero-order chi connectivity index (χ0) is 27.1. The zero-order valence-corrected chi connectivity index (χ0v) is 23.5. The topological polar surface area (TPSA) is 80.5 Å². The number of aromatic amines is 1. The smallest absolute Gasteiger partial charge is 0.154 e. The molecule has 1 saturated heterocycles. The first-order valence-electron chi connectivity index (χ1n) is 13.7. The van der Waals surface area contributed by atoms with Gasteiger partial charge in [-0.3, -0.25) is 0 Å². The molecule has 1 aromatic heterocycles. The van der Waals surface area contributed by atoms with E-state index in [2.05, 4.69) is 87.7 Å². The predicted octanol–water partition coefficient (Wildman–Crippen LogP) is 3.69. The molecule has 1 aromatic carbocycles. The monoisotopic (exact) mass is 517 g/mol. The summed E-state index contributed by atoms with van der Waals surface area (Å²) in [6.07, 6.45) is 7.18. The van der Waals surface area contributed by atoms with E-state index in [1.165, 1.54) is 16.8 Å². The van der Waals surface area contributed by atoms with Crippen molar-refractivity contribution in [3.05, 3.63) is 94.6 Å². The number of hydrogen-bond acceptors (Lipinski definition) is 7. The number of aryl methyl sites for hydroxylation is 1. The minimum atomic E-state index is -0.0801. The Morgan fingerprint density at radius 2 is 1.84 bits per heavy atom. The van der Waals surface area contributed by atoms with Gasteiger partial charge in [-0.25, -0.2) is 4.98 Å². The van der Waals surface area contributed by atoms with Gasteiger partial charge in [0.1, 0.15) is 6.17 Å². The summed E-state index contributed by atoms with van der Waals surface area (Å²) in [5.41, 5.74) is 8.95. The van der Waals surface area contributed by atoms with Gasteiger partial charge in [0, 0.05) is 56.4 Å². The fourth-order valence-electron chi connectivity index (χ4n) is 4.86. The summed E-state index contributed by atoms with van der Waals surface area (Å²) >= 11 is 0. The van der Waals surface area contributed by atoms with Crippen molar-refractivity contribution < 1.29 is 4.74 Å². The number of hydrogen-bond donors (Lipinski definition) is 4. The lowest BCUT2D eigenvalue weighted by atomic mass is 10.0. The summed E-state index contributed by atoms with van der Waals surface area (Å²) < 4.78 is 5.61. The van der Waals surface area contributed by atoms with Crippen LogP contribution in [-0.2, 0) is 11.2 Å². The molecule has 3 aliphatic heterocycles. The first-order valence-corrected chi connectivity index (χ1v) is 13.7. The third-order valence-electron chi connectivity index (χ3n) is 6.97. The van der Waals surface area contributed by atoms with Crippen molar-refractivity contribution in [3.63, 3.8) is 0 Å². The number of rotatable bonds is 8. The molecule has 1 fully saturated rings. The Hall–Kier alpha value is -3.49. The normalized spacial score (nSPS) is 19.2. The highest BCUT2D eigenvalue weighted by Gasteiger charge is 2.35. The van der Waals surface area contributed by atoms with Crippen LogP contribution in [-0.4, -0.2) is 72.4 Å². The summed E-state index contributed by atoms with van der Waals surface area (Å²) in [6.45, 7) is 17.5. The Morgan fingerprint density at radius 3 is 2.55 bits per heavy atom. The molecule has 1 unspecified atom stereocenters. The molecule has 0 spiro atoms. The number of ether oxygens (including phenoxy) is 1. The molecule has 0 bridgehead atoms. The van der Waals surface area contributed by atoms with Gasteiger partial charge < -0.3 is 35.5 Å². The summed E-state index contributed by atoms with van der Waals surface area (Å²) in [4.78, 5) is 13.1. The van der Waals surface area contributed by atoms with Gasteiger partial charge in [0.05, 0.1) is 30.3 Å². The van der Waals surface area contributed by atoms with Crippen LogP contribution in [0, 0.1) is 6.92 Å². The number of allylic oxidation sites excluding steroid dienone is 2. The number of likely N-dealkylation sites (N-methyl/N-ethyl adjacent to an activating group) is 1. The molecule has 1 atom stereocenters. The molecule has 204 valence electrons. The standard InChI is InChI=1S/C28H37N7O.C2H6/c1-19-5-7-22(8-6-19)15-23-17-31-27(33-23)26-20(2)21(3)32-28-25(30-10-9-29-4)16-24(18-35(26)28)34-11-13-36-14-12-34;1-2/h5-8,16-18,28-30,32H,3,9-15H2,1-2,4H3,(H,31,33);1-2H3. The van der Waals surface area contributed by atoms with Crippen LogP contribution in [0.3, 0.4) is 0 Å². The largest absolute Gasteiger partial charge is 0.384 e. The van der Waals surface area contributed by atoms with E-state index in [0.29, 0.717) is 0 Å².